The lowest BCUT2D eigenvalue weighted by Gasteiger charge is -2.08. The molecule has 0 saturated heterocycles. The molecule has 8 heteroatoms. The number of halogens is 1. The van der Waals surface area contributed by atoms with Crippen LogP contribution in [0.5, 0.6) is 5.75 Å². The molecule has 1 heterocycles. The van der Waals surface area contributed by atoms with E-state index in [-0.39, 0.29) is 16.5 Å². The van der Waals surface area contributed by atoms with Gasteiger partial charge in [0.05, 0.1) is 17.8 Å². The Kier molecular flexibility index (Phi) is 5.08. The van der Waals surface area contributed by atoms with E-state index < -0.39 is 15.8 Å². The number of hydrogen-bond acceptors (Lipinski definition) is 4. The standard InChI is InChI=1S/C17H16ClN3O3S/c18-15-7-4-8-16(17(15)22)25(23,24)20-10-14-9-19-21(12-14)11-13-5-2-1-3-6-13/h1-9,12,20,22H,10-11H2. The van der Waals surface area contributed by atoms with Gasteiger partial charge >= 0.3 is 0 Å². The molecule has 0 aliphatic heterocycles. The van der Waals surface area contributed by atoms with Crippen LogP contribution in [0.4, 0.5) is 0 Å². The monoisotopic (exact) mass is 377 g/mol. The van der Waals surface area contributed by atoms with Crippen LogP contribution in [0.3, 0.4) is 0 Å². The quantitative estimate of drug-likeness (QED) is 0.691. The maximum atomic E-state index is 12.3. The third-order valence-electron chi connectivity index (χ3n) is 3.58. The number of para-hydroxylation sites is 1. The van der Waals surface area contributed by atoms with E-state index in [1.54, 1.807) is 17.1 Å². The van der Waals surface area contributed by atoms with Gasteiger partial charge in [0.1, 0.15) is 4.90 Å². The summed E-state index contributed by atoms with van der Waals surface area (Å²) in [4.78, 5) is -0.253. The molecule has 0 atom stereocenters. The molecule has 3 rings (SSSR count). The van der Waals surface area contributed by atoms with Gasteiger partial charge in [-0.05, 0) is 17.7 Å². The number of phenols is 1. The van der Waals surface area contributed by atoms with Crippen molar-refractivity contribution >= 4 is 21.6 Å². The maximum Gasteiger partial charge on any atom is 0.244 e. The molecule has 0 aliphatic carbocycles. The fraction of sp³-hybridized carbons (Fsp3) is 0.118. The Balaban J connectivity index is 1.68. The molecule has 0 amide bonds. The number of nitrogens with one attached hydrogen (secondary N) is 1. The van der Waals surface area contributed by atoms with E-state index in [1.165, 1.54) is 18.2 Å². The molecule has 0 radical (unpaired) electrons. The highest BCUT2D eigenvalue weighted by molar-refractivity contribution is 7.89. The summed E-state index contributed by atoms with van der Waals surface area (Å²) in [6.45, 7) is 0.658. The lowest BCUT2D eigenvalue weighted by Crippen LogP contribution is -2.23. The van der Waals surface area contributed by atoms with Crippen molar-refractivity contribution in [1.82, 2.24) is 14.5 Å². The van der Waals surface area contributed by atoms with E-state index >= 15 is 0 Å². The summed E-state index contributed by atoms with van der Waals surface area (Å²) >= 11 is 5.76. The lowest BCUT2D eigenvalue weighted by atomic mass is 10.2. The van der Waals surface area contributed by atoms with Crippen molar-refractivity contribution in [3.05, 3.63) is 77.1 Å². The van der Waals surface area contributed by atoms with E-state index in [4.69, 9.17) is 11.6 Å². The molecule has 0 fully saturated rings. The van der Waals surface area contributed by atoms with Crippen LogP contribution in [0, 0.1) is 0 Å². The normalized spacial score (nSPS) is 11.6. The zero-order chi connectivity index (χ0) is 17.9. The zero-order valence-electron chi connectivity index (χ0n) is 13.1. The van der Waals surface area contributed by atoms with E-state index in [1.807, 2.05) is 30.3 Å². The number of nitrogens with zero attached hydrogens (tertiary/aromatic N) is 2. The van der Waals surface area contributed by atoms with Crippen LogP contribution in [0.2, 0.25) is 5.02 Å². The fourth-order valence-corrected chi connectivity index (χ4v) is 3.69. The summed E-state index contributed by atoms with van der Waals surface area (Å²) in [5.41, 5.74) is 1.81. The Bertz CT molecular complexity index is 972. The second kappa shape index (κ2) is 7.26. The molecule has 0 bridgehead atoms. The van der Waals surface area contributed by atoms with Gasteiger partial charge in [-0.3, -0.25) is 4.68 Å². The van der Waals surface area contributed by atoms with Crippen LogP contribution in [-0.4, -0.2) is 23.3 Å². The molecule has 2 N–H and O–H groups in total. The SMILES string of the molecule is O=S(=O)(NCc1cnn(Cc2ccccc2)c1)c1cccc(Cl)c1O. The highest BCUT2D eigenvalue weighted by atomic mass is 35.5. The zero-order valence-corrected chi connectivity index (χ0v) is 14.7. The molecular formula is C17H16ClN3O3S. The summed E-state index contributed by atoms with van der Waals surface area (Å²) in [7, 11) is -3.88. The first-order valence-electron chi connectivity index (χ1n) is 7.48. The first-order valence-corrected chi connectivity index (χ1v) is 9.34. The third kappa shape index (κ3) is 4.19. The van der Waals surface area contributed by atoms with Crippen LogP contribution >= 0.6 is 11.6 Å². The molecule has 6 nitrogen and oxygen atoms in total. The predicted octanol–water partition coefficient (Wildman–Crippen LogP) is 2.77. The molecule has 1 aromatic heterocycles. The number of sulfonamides is 1. The summed E-state index contributed by atoms with van der Waals surface area (Å²) in [6.07, 6.45) is 3.37. The van der Waals surface area contributed by atoms with Crippen LogP contribution in [0.1, 0.15) is 11.1 Å². The number of benzene rings is 2. The van der Waals surface area contributed by atoms with Crippen LogP contribution in [0.15, 0.2) is 65.8 Å². The first kappa shape index (κ1) is 17.5. The van der Waals surface area contributed by atoms with Crippen molar-refractivity contribution in [2.24, 2.45) is 0 Å². The molecule has 3 aromatic rings. The highest BCUT2D eigenvalue weighted by Gasteiger charge is 2.20. The smallest absolute Gasteiger partial charge is 0.244 e. The van der Waals surface area contributed by atoms with Crippen LogP contribution in [0.25, 0.3) is 0 Å². The van der Waals surface area contributed by atoms with Gasteiger partial charge in [0.15, 0.2) is 5.75 Å². The molecule has 0 aliphatic rings. The molecule has 130 valence electrons. The summed E-state index contributed by atoms with van der Waals surface area (Å²) in [6, 6.07) is 14.0. The van der Waals surface area contributed by atoms with E-state index in [9.17, 15) is 13.5 Å². The molecular weight excluding hydrogens is 362 g/mol. The second-order valence-electron chi connectivity index (χ2n) is 5.44. The van der Waals surface area contributed by atoms with Crippen molar-refractivity contribution in [2.45, 2.75) is 18.0 Å². The van der Waals surface area contributed by atoms with Gasteiger partial charge in [0.25, 0.3) is 0 Å². The average molecular weight is 378 g/mol. The van der Waals surface area contributed by atoms with Crippen LogP contribution < -0.4 is 4.72 Å². The minimum absolute atomic E-state index is 0.0152. The minimum atomic E-state index is -3.88. The highest BCUT2D eigenvalue weighted by Crippen LogP contribution is 2.30. The van der Waals surface area contributed by atoms with E-state index in [0.717, 1.165) is 5.56 Å². The third-order valence-corrected chi connectivity index (χ3v) is 5.32. The number of phenolic OH excluding ortho intramolecular Hbond substituents is 1. The number of aromatic hydroxyl groups is 1. The number of rotatable bonds is 6. The Morgan fingerprint density at radius 3 is 2.60 bits per heavy atom. The lowest BCUT2D eigenvalue weighted by molar-refractivity contribution is 0.458. The first-order chi connectivity index (χ1) is 12.0. The average Bonchev–Trinajstić information content (AvgIpc) is 3.04. The second-order valence-corrected chi connectivity index (χ2v) is 7.59. The summed E-state index contributed by atoms with van der Waals surface area (Å²) < 4.78 is 28.8. The van der Waals surface area contributed by atoms with Gasteiger partial charge < -0.3 is 5.11 Å². The van der Waals surface area contributed by atoms with Gasteiger partial charge in [-0.15, -0.1) is 0 Å². The van der Waals surface area contributed by atoms with Gasteiger partial charge in [-0.1, -0.05) is 48.0 Å². The van der Waals surface area contributed by atoms with E-state index in [2.05, 4.69) is 9.82 Å². The molecule has 2 aromatic carbocycles. The molecule has 0 saturated carbocycles. The van der Waals surface area contributed by atoms with Crippen molar-refractivity contribution < 1.29 is 13.5 Å². The van der Waals surface area contributed by atoms with Crippen LogP contribution in [-0.2, 0) is 23.1 Å². The Hall–Kier alpha value is -2.35. The van der Waals surface area contributed by atoms with Crippen molar-refractivity contribution in [1.29, 1.82) is 0 Å². The largest absolute Gasteiger partial charge is 0.505 e. The Morgan fingerprint density at radius 1 is 1.08 bits per heavy atom. The predicted molar refractivity (Wildman–Crippen MR) is 94.9 cm³/mol. The Labute approximate surface area is 150 Å². The van der Waals surface area contributed by atoms with Gasteiger partial charge in [-0.25, -0.2) is 13.1 Å². The fourth-order valence-electron chi connectivity index (χ4n) is 2.32. The van der Waals surface area contributed by atoms with Gasteiger partial charge in [0.2, 0.25) is 10.0 Å². The molecule has 0 unspecified atom stereocenters. The number of hydrogen-bond donors (Lipinski definition) is 2. The number of aromatic nitrogens is 2. The van der Waals surface area contributed by atoms with Gasteiger partial charge in [0, 0.05) is 18.3 Å². The Morgan fingerprint density at radius 2 is 1.84 bits per heavy atom. The summed E-state index contributed by atoms with van der Waals surface area (Å²) in [5.74, 6) is -0.462. The molecule has 25 heavy (non-hydrogen) atoms. The molecule has 0 spiro atoms. The van der Waals surface area contributed by atoms with E-state index in [0.29, 0.717) is 12.1 Å². The van der Waals surface area contributed by atoms with Crippen molar-refractivity contribution in [2.75, 3.05) is 0 Å². The van der Waals surface area contributed by atoms with Crippen molar-refractivity contribution in [3.8, 4) is 5.75 Å². The van der Waals surface area contributed by atoms with Gasteiger partial charge in [-0.2, -0.15) is 5.10 Å². The summed E-state index contributed by atoms with van der Waals surface area (Å²) in [5, 5.41) is 14.0. The topological polar surface area (TPSA) is 84.2 Å². The minimum Gasteiger partial charge on any atom is -0.505 e. The maximum absolute atomic E-state index is 12.3. The van der Waals surface area contributed by atoms with Crippen molar-refractivity contribution in [3.63, 3.8) is 0 Å².